The van der Waals surface area contributed by atoms with Gasteiger partial charge in [0.15, 0.2) is 40.1 Å². The maximum absolute atomic E-state index is 16.1. The summed E-state index contributed by atoms with van der Waals surface area (Å²) in [7, 11) is -7.49. The summed E-state index contributed by atoms with van der Waals surface area (Å²) in [6.45, 7) is 12.9. The molecule has 0 radical (unpaired) electrons. The molecule has 4 atom stereocenters. The van der Waals surface area contributed by atoms with E-state index in [9.17, 15) is 64.9 Å². The van der Waals surface area contributed by atoms with Crippen LogP contribution in [-0.2, 0) is 40.4 Å². The highest BCUT2D eigenvalue weighted by molar-refractivity contribution is 7.88. The Labute approximate surface area is 501 Å². The number of ether oxygens (including phenoxy) is 4. The number of carbonyl (C=O) groups excluding carboxylic acids is 2. The van der Waals surface area contributed by atoms with Crippen molar-refractivity contribution in [3.05, 3.63) is 164 Å². The Bertz CT molecular complexity index is 4030. The van der Waals surface area contributed by atoms with E-state index in [2.05, 4.69) is 29.9 Å². The molecule has 6 aromatic rings. The highest BCUT2D eigenvalue weighted by atomic mass is 32.2. The Hall–Kier alpha value is -8.61. The summed E-state index contributed by atoms with van der Waals surface area (Å²) in [5.74, 6) is -13.9. The van der Waals surface area contributed by atoms with E-state index in [4.69, 9.17) is 20.3 Å². The van der Waals surface area contributed by atoms with Gasteiger partial charge in [0.05, 0.1) is 30.8 Å². The minimum absolute atomic E-state index is 0. The fourth-order valence-electron chi connectivity index (χ4n) is 13.2. The zero-order chi connectivity index (χ0) is 64.1. The first-order valence-corrected chi connectivity index (χ1v) is 28.6. The van der Waals surface area contributed by atoms with E-state index in [1.807, 2.05) is 31.7 Å². The molecule has 4 unspecified atom stereocenters. The molecule has 468 valence electrons. The predicted octanol–water partition coefficient (Wildman–Crippen LogP) is 14.1. The van der Waals surface area contributed by atoms with Gasteiger partial charge in [-0.15, -0.1) is 0 Å². The lowest BCUT2D eigenvalue weighted by Crippen LogP contribution is -2.49. The van der Waals surface area contributed by atoms with E-state index in [-0.39, 0.29) is 83.4 Å². The van der Waals surface area contributed by atoms with E-state index in [1.54, 1.807) is 48.5 Å². The molecule has 6 heterocycles. The maximum atomic E-state index is 16.1. The van der Waals surface area contributed by atoms with Crippen LogP contribution in [0.5, 0.6) is 34.5 Å². The minimum atomic E-state index is -6.49. The van der Waals surface area contributed by atoms with Crippen molar-refractivity contribution < 1.29 is 103 Å². The third-order valence-corrected chi connectivity index (χ3v) is 17.7. The molecule has 0 saturated heterocycles. The first-order chi connectivity index (χ1) is 41.3. The van der Waals surface area contributed by atoms with Crippen molar-refractivity contribution in [2.45, 2.75) is 127 Å². The van der Waals surface area contributed by atoms with Crippen LogP contribution < -0.4 is 23.5 Å². The number of halogens is 8. The molecule has 0 saturated carbocycles. The number of benzene rings is 6. The number of carboxylic acid groups (broad SMARTS) is 2. The van der Waals surface area contributed by atoms with Gasteiger partial charge in [0, 0.05) is 82.8 Å². The van der Waals surface area contributed by atoms with Crippen molar-refractivity contribution >= 4 is 45.4 Å². The van der Waals surface area contributed by atoms with Crippen molar-refractivity contribution in [1.29, 1.82) is 0 Å². The fraction of sp³-hybridized carbons (Fsp3) is 0.365. The molecule has 25 heteroatoms. The lowest BCUT2D eigenvalue weighted by atomic mass is 9.74. The normalized spacial score (nSPS) is 21.0. The molecular weight excluding hydrogens is 1190 g/mol. The quantitative estimate of drug-likeness (QED) is 0.0503. The Balaban J connectivity index is 0.000000203. The van der Waals surface area contributed by atoms with Crippen LogP contribution in [0.1, 0.15) is 166 Å². The molecule has 6 aliphatic heterocycles. The second-order valence-corrected chi connectivity index (χ2v) is 24.7. The van der Waals surface area contributed by atoms with Crippen molar-refractivity contribution in [2.24, 2.45) is 0 Å². The van der Waals surface area contributed by atoms with Gasteiger partial charge in [-0.2, -0.15) is 30.4 Å². The summed E-state index contributed by atoms with van der Waals surface area (Å²) in [4.78, 5) is 52.9. The number of carboxylic acids is 2. The van der Waals surface area contributed by atoms with E-state index in [1.165, 1.54) is 18.2 Å². The monoisotopic (exact) mass is 1250 g/mol. The van der Waals surface area contributed by atoms with Crippen LogP contribution in [0.4, 0.5) is 46.5 Å². The van der Waals surface area contributed by atoms with Crippen molar-refractivity contribution in [2.75, 3.05) is 30.0 Å². The first-order valence-electron chi connectivity index (χ1n) is 27.9. The van der Waals surface area contributed by atoms with Crippen LogP contribution in [0.25, 0.3) is 0 Å². The van der Waals surface area contributed by atoms with Crippen LogP contribution in [-0.4, -0.2) is 84.4 Å². The smallest absolute Gasteiger partial charge is 0.503 e. The minimum Gasteiger partial charge on any atom is -0.503 e. The van der Waals surface area contributed by atoms with Gasteiger partial charge in [-0.3, -0.25) is 14.0 Å². The number of esters is 2. The van der Waals surface area contributed by atoms with Gasteiger partial charge in [-0.25, -0.2) is 18.4 Å². The average Bonchev–Trinajstić information content (AvgIpc) is 1.67. The SMILES string of the molecule is C.CC1CC(C)(C)N(CCCC(=O)O)c2cc3c(cc21)C1(OC(=O)c2ccccc21)c1cc(F)c(O)c(F)c1O3.CC1CC(C)(C)N(CCCC(=O)O)c2cc3c(cc21)C1(OC(=O)c2ccccc21)c1cc(F)c(OS(=O)(=O)C(F)(F)F)c(F)c1O3.[2H]CF. The number of rotatable bonds is 10. The second kappa shape index (κ2) is 22.5. The first kappa shape index (κ1) is 62.4. The number of hydrogen-bond donors (Lipinski definition) is 3. The zero-order valence-corrected chi connectivity index (χ0v) is 48.1. The summed E-state index contributed by atoms with van der Waals surface area (Å²) < 4.78 is 168. The van der Waals surface area contributed by atoms with E-state index in [0.29, 0.717) is 48.8 Å². The summed E-state index contributed by atoms with van der Waals surface area (Å²) in [5, 5.41) is 28.5. The van der Waals surface area contributed by atoms with Crippen molar-refractivity contribution in [3.8, 4) is 34.5 Å². The lowest BCUT2D eigenvalue weighted by molar-refractivity contribution is -0.138. The number of phenolic OH excluding ortho intramolecular Hbond substituents is 1. The number of alkyl halides is 4. The molecule has 0 aliphatic carbocycles. The number of nitrogens with zero attached hydrogens (tertiary/aromatic N) is 2. The number of phenols is 1. The number of aliphatic carboxylic acids is 2. The molecule has 12 rings (SSSR count). The standard InChI is InChI=1S/C31H26F5NO8S.C30H27F2NO6.CH3F.CH4/c1-15-14-29(2,3)37(10-6-9-24(38)39)22-13-23-19(11-17(15)22)30(18-8-5-4-7-16(18)28(40)44-30)20-12-21(32)27(25(33)26(20)43-23)45-46(41,42)31(34,35)36;1-15-14-29(2,3)33(10-6-9-24(34)35)22-13-23-19(11-17(15)22)30(18-8-5-4-7-16(18)28(37)39-30)20-12-21(31)26(36)25(32)27(20)38-23;1-2;/h4-5,7-8,11-13,15H,6,9-10,14H2,1-3H3,(H,38,39);4-5,7-8,11-13,15,36H,6,9-10,14H2,1-3H3,(H,34,35);1H3;1H4/i;;1D;. The fourth-order valence-corrected chi connectivity index (χ4v) is 13.7. The molecule has 6 aliphatic rings. The molecule has 0 bridgehead atoms. The predicted molar refractivity (Wildman–Crippen MR) is 303 cm³/mol. The zero-order valence-electron chi connectivity index (χ0n) is 48.3. The summed E-state index contributed by atoms with van der Waals surface area (Å²) in [5.41, 5.74) is -6.46. The van der Waals surface area contributed by atoms with Crippen molar-refractivity contribution in [3.63, 3.8) is 0 Å². The second-order valence-electron chi connectivity index (χ2n) is 23.1. The third-order valence-electron chi connectivity index (χ3n) is 16.8. The lowest BCUT2D eigenvalue weighted by Gasteiger charge is -2.48. The molecule has 0 fully saturated rings. The van der Waals surface area contributed by atoms with Crippen molar-refractivity contribution in [1.82, 2.24) is 0 Å². The highest BCUT2D eigenvalue weighted by Gasteiger charge is 2.58. The average molecular weight is 1250 g/mol. The number of aromatic hydroxyl groups is 1. The van der Waals surface area contributed by atoms with E-state index >= 15 is 13.2 Å². The summed E-state index contributed by atoms with van der Waals surface area (Å²) in [6.07, 6.45) is 2.00. The Morgan fingerprint density at radius 3 is 1.47 bits per heavy atom. The highest BCUT2D eigenvalue weighted by Crippen LogP contribution is 2.62. The summed E-state index contributed by atoms with van der Waals surface area (Å²) in [6, 6.07) is 21.1. The molecule has 0 aromatic heterocycles. The van der Waals surface area contributed by atoms with Gasteiger partial charge in [0.1, 0.15) is 11.5 Å². The number of hydrogen-bond acceptors (Lipinski definition) is 14. The summed E-state index contributed by atoms with van der Waals surface area (Å²) >= 11 is 0. The van der Waals surface area contributed by atoms with Crippen LogP contribution in [0.15, 0.2) is 84.9 Å². The van der Waals surface area contributed by atoms with Gasteiger partial charge < -0.3 is 48.2 Å². The third kappa shape index (κ3) is 10.1. The van der Waals surface area contributed by atoms with E-state index < -0.39 is 115 Å². The van der Waals surface area contributed by atoms with Gasteiger partial charge >= 0.3 is 39.5 Å². The van der Waals surface area contributed by atoms with Gasteiger partial charge in [-0.05, 0) is 113 Å². The van der Waals surface area contributed by atoms with Gasteiger partial charge in [0.2, 0.25) is 17.4 Å². The molecule has 3 N–H and O–H groups in total. The van der Waals surface area contributed by atoms with Crippen LogP contribution in [0.3, 0.4) is 0 Å². The molecule has 88 heavy (non-hydrogen) atoms. The maximum Gasteiger partial charge on any atom is 0.534 e. The Morgan fingerprint density at radius 1 is 0.659 bits per heavy atom. The number of carbonyl (C=O) groups is 4. The molecular formula is C63H60F8N2O14S. The van der Waals surface area contributed by atoms with Crippen LogP contribution >= 0.6 is 0 Å². The molecule has 6 aromatic carbocycles. The Morgan fingerprint density at radius 2 is 1.06 bits per heavy atom. The van der Waals surface area contributed by atoms with Crippen LogP contribution in [0.2, 0.25) is 0 Å². The number of fused-ring (bicyclic) bond motifs is 14. The van der Waals surface area contributed by atoms with Crippen LogP contribution in [0, 0.1) is 23.3 Å². The topological polar surface area (TPSA) is 216 Å². The molecule has 0 amide bonds. The number of anilines is 2. The largest absolute Gasteiger partial charge is 0.534 e. The molecule has 16 nitrogen and oxygen atoms in total. The van der Waals surface area contributed by atoms with Gasteiger partial charge in [-0.1, -0.05) is 57.7 Å². The van der Waals surface area contributed by atoms with Gasteiger partial charge in [0.25, 0.3) is 0 Å². The molecule has 2 spiro atoms. The van der Waals surface area contributed by atoms with E-state index in [0.717, 1.165) is 29.3 Å². The Kier molecular flexibility index (Phi) is 16.0.